The summed E-state index contributed by atoms with van der Waals surface area (Å²) in [5.74, 6) is 0. The summed E-state index contributed by atoms with van der Waals surface area (Å²) in [5, 5.41) is 0. The average Bonchev–Trinajstić information content (AvgIpc) is 2.36. The number of aryl methyl sites for hydroxylation is 2. The molecule has 2 aromatic carbocycles. The molecule has 0 saturated carbocycles. The second-order valence-corrected chi connectivity index (χ2v) is 6.15. The standard InChI is InChI=1S/C17H18.Zr/c1-12-5-8-16(9-6-12)11-17-10-7-13(2)14(3)15(17)4;/h5-10H,1-4H3;/q;+2. The molecule has 18 heavy (non-hydrogen) atoms. The molecule has 0 radical (unpaired) electrons. The van der Waals surface area contributed by atoms with Gasteiger partial charge in [0.25, 0.3) is 0 Å². The van der Waals surface area contributed by atoms with Crippen molar-refractivity contribution in [2.45, 2.75) is 27.7 Å². The first kappa shape index (κ1) is 13.6. The van der Waals surface area contributed by atoms with E-state index in [4.69, 9.17) is 0 Å². The van der Waals surface area contributed by atoms with E-state index in [2.05, 4.69) is 64.1 Å². The van der Waals surface area contributed by atoms with Gasteiger partial charge in [0.05, 0.1) is 0 Å². The van der Waals surface area contributed by atoms with E-state index < -0.39 is 0 Å². The summed E-state index contributed by atoms with van der Waals surface area (Å²) < 4.78 is 1.45. The van der Waals surface area contributed by atoms with Crippen molar-refractivity contribution in [2.24, 2.45) is 0 Å². The van der Waals surface area contributed by atoms with Crippen molar-refractivity contribution in [1.82, 2.24) is 0 Å². The maximum atomic E-state index is 2.27. The zero-order chi connectivity index (χ0) is 13.3. The number of hydrogen-bond acceptors (Lipinski definition) is 0. The molecular weight excluding hydrogens is 295 g/mol. The fourth-order valence-corrected chi connectivity index (χ4v) is 3.18. The summed E-state index contributed by atoms with van der Waals surface area (Å²) in [7, 11) is 0. The van der Waals surface area contributed by atoms with Crippen LogP contribution in [0.1, 0.15) is 33.4 Å². The van der Waals surface area contributed by atoms with Crippen molar-refractivity contribution in [2.75, 3.05) is 0 Å². The average molecular weight is 314 g/mol. The van der Waals surface area contributed by atoms with Crippen LogP contribution in [0, 0.1) is 27.7 Å². The second kappa shape index (κ2) is 5.45. The number of rotatable bonds is 2. The zero-order valence-corrected chi connectivity index (χ0v) is 13.9. The predicted octanol–water partition coefficient (Wildman–Crippen LogP) is 4.04. The Morgan fingerprint density at radius 3 is 2.00 bits per heavy atom. The van der Waals surface area contributed by atoms with E-state index in [1.807, 2.05) is 0 Å². The third-order valence-corrected chi connectivity index (χ3v) is 5.04. The van der Waals surface area contributed by atoms with Crippen LogP contribution in [0.25, 0.3) is 0 Å². The third-order valence-electron chi connectivity index (χ3n) is 3.67. The van der Waals surface area contributed by atoms with Crippen LogP contribution < -0.4 is 0 Å². The summed E-state index contributed by atoms with van der Waals surface area (Å²) in [4.78, 5) is 0. The first-order valence-electron chi connectivity index (χ1n) is 6.23. The summed E-state index contributed by atoms with van der Waals surface area (Å²) in [6.45, 7) is 8.76. The monoisotopic (exact) mass is 312 g/mol. The maximum absolute atomic E-state index is 2.27. The number of benzene rings is 2. The van der Waals surface area contributed by atoms with E-state index in [1.54, 1.807) is 0 Å². The molecule has 0 aliphatic carbocycles. The SMILES string of the molecule is Cc1ccc([C](=[Zr+2])c2ccc(C)c(C)c2C)cc1. The molecule has 0 saturated heterocycles. The van der Waals surface area contributed by atoms with Gasteiger partial charge in [-0.05, 0) is 0 Å². The Morgan fingerprint density at radius 1 is 0.778 bits per heavy atom. The molecular formula is C17H18Zr+2. The molecule has 0 aromatic heterocycles. The van der Waals surface area contributed by atoms with Crippen molar-refractivity contribution in [3.63, 3.8) is 0 Å². The molecule has 2 rings (SSSR count). The van der Waals surface area contributed by atoms with Crippen LogP contribution in [0.2, 0.25) is 0 Å². The van der Waals surface area contributed by atoms with Gasteiger partial charge in [-0.1, -0.05) is 0 Å². The predicted molar refractivity (Wildman–Crippen MR) is 75.0 cm³/mol. The van der Waals surface area contributed by atoms with Gasteiger partial charge in [0.15, 0.2) is 0 Å². The molecule has 0 amide bonds. The zero-order valence-electron chi connectivity index (χ0n) is 11.5. The molecule has 1 heteroatoms. The van der Waals surface area contributed by atoms with Crippen LogP contribution in [0.3, 0.4) is 0 Å². The van der Waals surface area contributed by atoms with E-state index in [-0.39, 0.29) is 0 Å². The van der Waals surface area contributed by atoms with Crippen LogP contribution in [0.5, 0.6) is 0 Å². The Morgan fingerprint density at radius 2 is 1.39 bits per heavy atom. The molecule has 0 fully saturated rings. The summed E-state index contributed by atoms with van der Waals surface area (Å²) >= 11 is 1.47. The Labute approximate surface area is 124 Å². The summed E-state index contributed by atoms with van der Waals surface area (Å²) in [6.07, 6.45) is 0. The van der Waals surface area contributed by atoms with Crippen molar-refractivity contribution in [3.8, 4) is 0 Å². The number of hydrogen-bond donors (Lipinski definition) is 0. The molecule has 0 aliphatic rings. The van der Waals surface area contributed by atoms with Gasteiger partial charge in [0.1, 0.15) is 0 Å². The molecule has 0 atom stereocenters. The Bertz CT molecular complexity index is 592. The van der Waals surface area contributed by atoms with Crippen LogP contribution in [0.15, 0.2) is 36.4 Å². The van der Waals surface area contributed by atoms with E-state index in [9.17, 15) is 0 Å². The Hall–Kier alpha value is -0.807. The fourth-order valence-electron chi connectivity index (χ4n) is 2.10. The molecule has 0 nitrogen and oxygen atoms in total. The van der Waals surface area contributed by atoms with Crippen molar-refractivity contribution >= 4 is 3.21 Å². The van der Waals surface area contributed by atoms with Gasteiger partial charge in [0, 0.05) is 0 Å². The van der Waals surface area contributed by atoms with E-state index >= 15 is 0 Å². The normalized spacial score (nSPS) is 10.6. The summed E-state index contributed by atoms with van der Waals surface area (Å²) in [6, 6.07) is 13.3. The van der Waals surface area contributed by atoms with E-state index in [0.29, 0.717) is 0 Å². The fraction of sp³-hybridized carbons (Fsp3) is 0.235. The second-order valence-electron chi connectivity index (χ2n) is 4.92. The van der Waals surface area contributed by atoms with Crippen LogP contribution in [0.4, 0.5) is 0 Å². The van der Waals surface area contributed by atoms with E-state index in [0.717, 1.165) is 0 Å². The Balaban J connectivity index is 2.46. The van der Waals surface area contributed by atoms with Gasteiger partial charge < -0.3 is 0 Å². The van der Waals surface area contributed by atoms with Crippen molar-refractivity contribution in [3.05, 3.63) is 69.8 Å². The first-order chi connectivity index (χ1) is 8.50. The summed E-state index contributed by atoms with van der Waals surface area (Å²) in [5.41, 5.74) is 8.29. The van der Waals surface area contributed by atoms with Gasteiger partial charge in [-0.15, -0.1) is 0 Å². The molecule has 88 valence electrons. The molecule has 0 aliphatic heterocycles. The van der Waals surface area contributed by atoms with Crippen molar-refractivity contribution in [1.29, 1.82) is 0 Å². The van der Waals surface area contributed by atoms with Gasteiger partial charge in [-0.2, -0.15) is 0 Å². The molecule has 0 N–H and O–H groups in total. The van der Waals surface area contributed by atoms with Gasteiger partial charge in [0.2, 0.25) is 0 Å². The molecule has 0 spiro atoms. The molecule has 0 bridgehead atoms. The first-order valence-corrected chi connectivity index (χ1v) is 7.46. The quantitative estimate of drug-likeness (QED) is 0.785. The van der Waals surface area contributed by atoms with Crippen LogP contribution in [-0.2, 0) is 24.2 Å². The molecule has 0 unspecified atom stereocenters. The minimum atomic E-state index is 1.32. The topological polar surface area (TPSA) is 0 Å². The Kier molecular flexibility index (Phi) is 4.12. The minimum absolute atomic E-state index is 1.32. The van der Waals surface area contributed by atoms with Gasteiger partial charge >= 0.3 is 125 Å². The van der Waals surface area contributed by atoms with Crippen molar-refractivity contribution < 1.29 is 24.2 Å². The third kappa shape index (κ3) is 2.62. The molecule has 2 aromatic rings. The van der Waals surface area contributed by atoms with Crippen LogP contribution in [-0.4, -0.2) is 3.21 Å². The van der Waals surface area contributed by atoms with Gasteiger partial charge in [-0.3, -0.25) is 0 Å². The molecule has 0 heterocycles. The van der Waals surface area contributed by atoms with E-state index in [1.165, 1.54) is 60.8 Å². The van der Waals surface area contributed by atoms with Gasteiger partial charge in [-0.25, -0.2) is 0 Å². The van der Waals surface area contributed by atoms with Crippen LogP contribution >= 0.6 is 0 Å².